The minimum Gasteiger partial charge on any atom is -0.577 e. The van der Waals surface area contributed by atoms with Crippen LogP contribution in [0.5, 0.6) is 34.5 Å². The van der Waals surface area contributed by atoms with E-state index in [9.17, 15) is 0 Å². The fraction of sp³-hybridized carbons (Fsp3) is 0.0270. The Bertz CT molecular complexity index is 5010. The van der Waals surface area contributed by atoms with Gasteiger partial charge in [0, 0.05) is 90.1 Å². The van der Waals surface area contributed by atoms with Crippen LogP contribution in [-0.4, -0.2) is 59.4 Å². The Hall–Kier alpha value is -10.7. The number of hydrogen-bond donors (Lipinski definition) is 0. The molecule has 16 aromatic rings. The first-order valence-electron chi connectivity index (χ1n) is 29.3. The molecular weight excluding hydrogens is 1120 g/mol. The molecule has 0 radical (unpaired) electrons. The van der Waals surface area contributed by atoms with E-state index < -0.39 is 30.3 Å². The molecule has 88 heavy (non-hydrogen) atoms. The Morgan fingerprint density at radius 2 is 0.614 bits per heavy atom. The maximum Gasteiger partial charge on any atom is 1.20 e. The molecule has 0 saturated heterocycles. The Morgan fingerprint density at radius 1 is 0.295 bits per heavy atom. The van der Waals surface area contributed by atoms with Gasteiger partial charge in [-0.25, -0.2) is 19.9 Å². The van der Waals surface area contributed by atoms with E-state index in [1.54, 1.807) is 0 Å². The molecule has 14 heteroatoms. The van der Waals surface area contributed by atoms with E-state index in [-0.39, 0.29) is 0 Å². The van der Waals surface area contributed by atoms with Crippen LogP contribution >= 0.6 is 0 Å². The van der Waals surface area contributed by atoms with Gasteiger partial charge in [-0.2, -0.15) is 0 Å². The van der Waals surface area contributed by atoms with Gasteiger partial charge in [0.25, 0.3) is 0 Å². The average molecular weight is 1170 g/mol. The first-order chi connectivity index (χ1) is 43.5. The summed E-state index contributed by atoms with van der Waals surface area (Å²) in [5.74, 6) is 3.79. The van der Waals surface area contributed by atoms with Crippen molar-refractivity contribution in [2.24, 2.45) is 0 Å². The lowest BCUT2D eigenvalue weighted by Crippen LogP contribution is -2.37. The second-order valence-corrected chi connectivity index (χ2v) is 24.8. The van der Waals surface area contributed by atoms with E-state index in [1.807, 2.05) is 97.1 Å². The Balaban J connectivity index is 0.672. The van der Waals surface area contributed by atoms with Gasteiger partial charge >= 0.3 is 30.3 Å². The predicted octanol–water partition coefficient (Wildman–Crippen LogP) is 16.6. The van der Waals surface area contributed by atoms with E-state index in [0.29, 0.717) is 47.3 Å². The number of benzene rings is 10. The third-order valence-electron chi connectivity index (χ3n) is 16.9. The van der Waals surface area contributed by atoms with Crippen molar-refractivity contribution in [1.29, 1.82) is 0 Å². The van der Waals surface area contributed by atoms with E-state index in [2.05, 4.69) is 167 Å². The summed E-state index contributed by atoms with van der Waals surface area (Å²) in [4.78, 5) is 20.4. The van der Waals surface area contributed by atoms with E-state index >= 15 is 0 Å². The summed E-state index contributed by atoms with van der Waals surface area (Å²) in [6.07, 6.45) is 1.16. The average Bonchev–Trinajstić information content (AvgIpc) is 1.66. The van der Waals surface area contributed by atoms with Gasteiger partial charge in [-0.1, -0.05) is 146 Å². The van der Waals surface area contributed by atoms with Crippen LogP contribution in [0.4, 0.5) is 0 Å². The molecule has 0 amide bonds. The van der Waals surface area contributed by atoms with Crippen molar-refractivity contribution in [3.05, 3.63) is 278 Å². The lowest BCUT2D eigenvalue weighted by molar-refractivity contribution is 0.310. The van der Waals surface area contributed by atoms with Crippen LogP contribution in [0.1, 0.15) is 22.8 Å². The molecule has 10 aromatic carbocycles. The van der Waals surface area contributed by atoms with Crippen LogP contribution in [0.15, 0.2) is 255 Å². The highest BCUT2D eigenvalue weighted by molar-refractivity contribution is 6.41. The molecule has 18 rings (SSSR count). The molecule has 0 aliphatic carbocycles. The van der Waals surface area contributed by atoms with Crippen molar-refractivity contribution in [3.8, 4) is 57.0 Å². The summed E-state index contributed by atoms with van der Waals surface area (Å²) in [5.41, 5.74) is 14.9. The largest absolute Gasteiger partial charge is 1.20 e. The topological polar surface area (TPSA) is 117 Å². The zero-order chi connectivity index (χ0) is 57.8. The Morgan fingerprint density at radius 3 is 0.966 bits per heavy atom. The maximum absolute atomic E-state index is 7.09. The van der Waals surface area contributed by atoms with Gasteiger partial charge < -0.3 is 31.9 Å². The summed E-state index contributed by atoms with van der Waals surface area (Å²) in [6, 6.07) is 87.3. The van der Waals surface area contributed by atoms with Gasteiger partial charge in [0.1, 0.15) is 45.1 Å². The maximum atomic E-state index is 7.09. The third-order valence-corrected chi connectivity index (χ3v) is 19.6. The van der Waals surface area contributed by atoms with Crippen molar-refractivity contribution in [2.75, 3.05) is 0 Å². The summed E-state index contributed by atoms with van der Waals surface area (Å²) in [6.45, 7) is 0. The minimum atomic E-state index is -3.12. The summed E-state index contributed by atoms with van der Waals surface area (Å²) >= 11 is -6.23. The SMILES string of the molecule is c1cc2c3nc(ccc3c1)Cc1ccc3cccc(c3n1)[O][Al]([O]c1cccc3c1c1ccccc1n3-c1ccc(-c3ccc(-n4c5ccccc5c5c([O][Al]6[O]c7cccc8ccc(nc78)Cc7ccc8cccc(c8n7)[O]6)cccc54)cc3)cc1)[O]2. The van der Waals surface area contributed by atoms with Crippen LogP contribution in [0, 0.1) is 0 Å². The molecule has 0 fully saturated rings. The molecule has 2 aliphatic rings. The molecule has 12 nitrogen and oxygen atoms in total. The zero-order valence-corrected chi connectivity index (χ0v) is 49.3. The number of pyridine rings is 4. The lowest BCUT2D eigenvalue weighted by atomic mass is 10.0. The lowest BCUT2D eigenvalue weighted by Gasteiger charge is -2.20. The summed E-state index contributed by atoms with van der Waals surface area (Å²) in [7, 11) is 0. The fourth-order valence-corrected chi connectivity index (χ4v) is 15.6. The smallest absolute Gasteiger partial charge is 0.577 e. The van der Waals surface area contributed by atoms with Gasteiger partial charge in [-0.05, 0) is 120 Å². The van der Waals surface area contributed by atoms with Crippen LogP contribution < -0.4 is 22.7 Å². The first kappa shape index (κ1) is 50.6. The zero-order valence-electron chi connectivity index (χ0n) is 47.0. The quantitative estimate of drug-likeness (QED) is 0.143. The normalized spacial score (nSPS) is 13.0. The summed E-state index contributed by atoms with van der Waals surface area (Å²) in [5, 5.41) is 7.89. The Labute approximate surface area is 513 Å². The van der Waals surface area contributed by atoms with E-state index in [1.165, 1.54) is 0 Å². The number of rotatable bonds is 7. The number of hydrogen-bond acceptors (Lipinski definition) is 10. The van der Waals surface area contributed by atoms with Gasteiger partial charge in [0.2, 0.25) is 0 Å². The molecule has 0 N–H and O–H groups in total. The molecule has 8 bridgehead atoms. The van der Waals surface area contributed by atoms with Crippen LogP contribution in [-0.2, 0) is 12.8 Å². The Kier molecular flexibility index (Phi) is 11.8. The van der Waals surface area contributed by atoms with Crippen molar-refractivity contribution < 1.29 is 22.7 Å². The molecule has 414 valence electrons. The molecule has 6 aromatic heterocycles. The molecule has 0 unspecified atom stereocenters. The van der Waals surface area contributed by atoms with E-state index in [4.69, 9.17) is 42.7 Å². The third kappa shape index (κ3) is 8.64. The molecule has 2 aliphatic heterocycles. The molecule has 0 atom stereocenters. The van der Waals surface area contributed by atoms with E-state index in [0.717, 1.165) is 133 Å². The van der Waals surface area contributed by atoms with Crippen molar-refractivity contribution >= 4 is 118 Å². The minimum absolute atomic E-state index is 0.578. The summed E-state index contributed by atoms with van der Waals surface area (Å²) < 4.78 is 46.3. The number of para-hydroxylation sites is 6. The number of aromatic nitrogens is 6. The van der Waals surface area contributed by atoms with Crippen molar-refractivity contribution in [1.82, 2.24) is 29.1 Å². The molecule has 0 spiro atoms. The molecule has 8 heterocycles. The number of fused-ring (bicyclic) bond motifs is 10. The van der Waals surface area contributed by atoms with Gasteiger partial charge in [0.15, 0.2) is 0 Å². The second kappa shape index (κ2) is 20.5. The fourth-order valence-electron chi connectivity index (χ4n) is 12.9. The van der Waals surface area contributed by atoms with Crippen LogP contribution in [0.25, 0.3) is 110 Å². The second-order valence-electron chi connectivity index (χ2n) is 22.3. The highest BCUT2D eigenvalue weighted by Gasteiger charge is 2.47. The highest BCUT2D eigenvalue weighted by atomic mass is 27.3. The number of nitrogens with zero attached hydrogens (tertiary/aromatic N) is 6. The van der Waals surface area contributed by atoms with Crippen molar-refractivity contribution in [2.45, 2.75) is 12.8 Å². The molecular formula is C74H46Al2N6O6. The highest BCUT2D eigenvalue weighted by Crippen LogP contribution is 2.42. The van der Waals surface area contributed by atoms with Crippen LogP contribution in [0.3, 0.4) is 0 Å². The van der Waals surface area contributed by atoms with Gasteiger partial charge in [-0.15, -0.1) is 0 Å². The monoisotopic (exact) mass is 1170 g/mol. The molecule has 0 saturated carbocycles. The van der Waals surface area contributed by atoms with Crippen LogP contribution in [0.2, 0.25) is 0 Å². The van der Waals surface area contributed by atoms with Crippen molar-refractivity contribution in [3.63, 3.8) is 0 Å². The standard InChI is InChI=1S/C36H24N2O2.2C19H14N2O2.2Al/c39-33-13-5-11-31-35(33)27-7-1-3-9-29(27)37(31)25-19-15-23(16-20-25)24-17-21-26(22-18-24)38-30-10-4-2-8-28(30)36-32(38)12-6-14-34(36)40;2*22-16-5-1-3-12-7-9-14(20-18(12)16)11-15-10-8-13-4-2-6-17(23)19(13)21-15;;/h1-22,39-40H;2*1-10,22-23H,11H2;;/q;;;2*+3/p-6. The first-order valence-corrected chi connectivity index (χ1v) is 32.2. The predicted molar refractivity (Wildman–Crippen MR) is 348 cm³/mol. The van der Waals surface area contributed by atoms with Gasteiger partial charge in [-0.3, -0.25) is 0 Å². The van der Waals surface area contributed by atoms with Gasteiger partial charge in [0.05, 0.1) is 33.6 Å².